The van der Waals surface area contributed by atoms with E-state index >= 15 is 0 Å². The normalized spacial score (nSPS) is 14.8. The largest absolute Gasteiger partial charge is 0.336 e. The highest BCUT2D eigenvalue weighted by Crippen LogP contribution is 2.13. The second-order valence-corrected chi connectivity index (χ2v) is 7.47. The summed E-state index contributed by atoms with van der Waals surface area (Å²) in [6.07, 6.45) is 1.65. The molecule has 6 nitrogen and oxygen atoms in total. The Morgan fingerprint density at radius 3 is 2.81 bits per heavy atom. The first kappa shape index (κ1) is 18.8. The van der Waals surface area contributed by atoms with E-state index in [0.717, 1.165) is 30.7 Å². The minimum atomic E-state index is -0.582. The monoisotopic (exact) mass is 381 g/mol. The average Bonchev–Trinajstić information content (AvgIpc) is 3.11. The first-order chi connectivity index (χ1) is 12.5. The van der Waals surface area contributed by atoms with E-state index in [9.17, 15) is 13.6 Å². The maximum absolute atomic E-state index is 13.7. The maximum Gasteiger partial charge on any atom is 0.276 e. The lowest BCUT2D eigenvalue weighted by Crippen LogP contribution is -2.38. The number of halogens is 2. The van der Waals surface area contributed by atoms with Crippen molar-refractivity contribution in [2.45, 2.75) is 13.1 Å². The van der Waals surface area contributed by atoms with Crippen LogP contribution < -0.4 is 0 Å². The van der Waals surface area contributed by atoms with Crippen LogP contribution in [0.4, 0.5) is 8.78 Å². The molecule has 2 heterocycles. The van der Waals surface area contributed by atoms with E-state index in [0.29, 0.717) is 30.9 Å². The van der Waals surface area contributed by atoms with Crippen molar-refractivity contribution in [2.24, 2.45) is 0 Å². The molecule has 1 aliphatic heterocycles. The van der Waals surface area contributed by atoms with Crippen LogP contribution in [0.5, 0.6) is 0 Å². The number of likely N-dealkylation sites (N-methyl/N-ethyl adjacent to an activating group) is 1. The maximum atomic E-state index is 13.7. The number of hydrogen-bond acceptors (Lipinski definition) is 5. The van der Waals surface area contributed by atoms with Crippen LogP contribution in [-0.4, -0.2) is 68.9 Å². The molecule has 1 aromatic heterocycles. The van der Waals surface area contributed by atoms with Gasteiger partial charge in [-0.3, -0.25) is 9.48 Å². The lowest BCUT2D eigenvalue weighted by Gasteiger charge is -2.25. The number of rotatable bonds is 6. The van der Waals surface area contributed by atoms with Crippen molar-refractivity contribution in [3.05, 3.63) is 47.3 Å². The van der Waals surface area contributed by atoms with E-state index in [1.165, 1.54) is 12.1 Å². The first-order valence-electron chi connectivity index (χ1n) is 8.42. The van der Waals surface area contributed by atoms with E-state index in [2.05, 4.69) is 10.3 Å². The molecule has 0 unspecified atom stereocenters. The van der Waals surface area contributed by atoms with Crippen LogP contribution in [0.3, 0.4) is 0 Å². The van der Waals surface area contributed by atoms with Crippen molar-refractivity contribution in [3.8, 4) is 0 Å². The molecular formula is C17H21F2N5OS. The van der Waals surface area contributed by atoms with Crippen molar-refractivity contribution in [3.63, 3.8) is 0 Å². The Hall–Kier alpha value is -2.00. The Morgan fingerprint density at radius 2 is 2.08 bits per heavy atom. The van der Waals surface area contributed by atoms with Gasteiger partial charge in [-0.05, 0) is 13.1 Å². The minimum absolute atomic E-state index is 0.0849. The number of hydrogen-bond donors (Lipinski definition) is 0. The van der Waals surface area contributed by atoms with Crippen LogP contribution in [0, 0.1) is 11.6 Å². The zero-order valence-corrected chi connectivity index (χ0v) is 15.4. The number of amides is 1. The zero-order valence-electron chi connectivity index (χ0n) is 14.6. The molecule has 1 aromatic carbocycles. The molecule has 140 valence electrons. The highest BCUT2D eigenvalue weighted by atomic mass is 32.2. The van der Waals surface area contributed by atoms with E-state index < -0.39 is 11.6 Å². The quantitative estimate of drug-likeness (QED) is 0.765. The van der Waals surface area contributed by atoms with Crippen LogP contribution in [-0.2, 0) is 13.1 Å². The molecule has 0 aliphatic carbocycles. The van der Waals surface area contributed by atoms with Crippen molar-refractivity contribution in [1.82, 2.24) is 24.8 Å². The van der Waals surface area contributed by atoms with Gasteiger partial charge in [0.05, 0.1) is 12.7 Å². The van der Waals surface area contributed by atoms with Gasteiger partial charge in [0, 0.05) is 49.3 Å². The van der Waals surface area contributed by atoms with Crippen LogP contribution in [0.15, 0.2) is 24.4 Å². The molecule has 0 N–H and O–H groups in total. The van der Waals surface area contributed by atoms with Gasteiger partial charge < -0.3 is 9.80 Å². The highest BCUT2D eigenvalue weighted by Gasteiger charge is 2.21. The summed E-state index contributed by atoms with van der Waals surface area (Å²) in [5, 5.41) is 7.98. The lowest BCUT2D eigenvalue weighted by molar-refractivity contribution is 0.0766. The van der Waals surface area contributed by atoms with Gasteiger partial charge in [0.1, 0.15) is 11.6 Å². The molecule has 0 saturated carbocycles. The summed E-state index contributed by atoms with van der Waals surface area (Å²) in [6, 6.07) is 3.59. The highest BCUT2D eigenvalue weighted by molar-refractivity contribution is 7.99. The summed E-state index contributed by atoms with van der Waals surface area (Å²) in [7, 11) is 1.84. The summed E-state index contributed by atoms with van der Waals surface area (Å²) < 4.78 is 28.3. The summed E-state index contributed by atoms with van der Waals surface area (Å²) in [4.78, 5) is 16.1. The third kappa shape index (κ3) is 4.79. The number of aromatic nitrogens is 3. The lowest BCUT2D eigenvalue weighted by atomic mass is 10.2. The number of benzene rings is 1. The Labute approximate surface area is 155 Å². The molecule has 0 radical (unpaired) electrons. The second-order valence-electron chi connectivity index (χ2n) is 6.24. The van der Waals surface area contributed by atoms with Crippen LogP contribution in [0.2, 0.25) is 0 Å². The molecule has 2 aromatic rings. The Bertz CT molecular complexity index is 763. The molecule has 1 amide bonds. The Balaban J connectivity index is 1.51. The predicted molar refractivity (Wildman–Crippen MR) is 95.9 cm³/mol. The second kappa shape index (κ2) is 8.59. The van der Waals surface area contributed by atoms with E-state index in [4.69, 9.17) is 0 Å². The van der Waals surface area contributed by atoms with Crippen molar-refractivity contribution in [2.75, 3.05) is 38.2 Å². The third-order valence-corrected chi connectivity index (χ3v) is 5.16. The Morgan fingerprint density at radius 1 is 1.31 bits per heavy atom. The molecule has 1 saturated heterocycles. The summed E-state index contributed by atoms with van der Waals surface area (Å²) in [5.74, 6) is 0.680. The van der Waals surface area contributed by atoms with Crippen LogP contribution in [0.25, 0.3) is 0 Å². The van der Waals surface area contributed by atoms with Gasteiger partial charge in [0.15, 0.2) is 5.69 Å². The van der Waals surface area contributed by atoms with Gasteiger partial charge in [-0.25, -0.2) is 8.78 Å². The minimum Gasteiger partial charge on any atom is -0.336 e. The van der Waals surface area contributed by atoms with Crippen molar-refractivity contribution in [1.29, 1.82) is 0 Å². The van der Waals surface area contributed by atoms with E-state index in [-0.39, 0.29) is 5.91 Å². The smallest absolute Gasteiger partial charge is 0.276 e. The standard InChI is InChI=1S/C17H21F2N5OS/c1-22(11-13-2-3-14(18)10-15(13)19)4-5-24-12-16(20-21-24)17(25)23-6-8-26-9-7-23/h2-3,10,12H,4-9,11H2,1H3. The van der Waals surface area contributed by atoms with Crippen molar-refractivity contribution < 1.29 is 13.6 Å². The van der Waals surface area contributed by atoms with Gasteiger partial charge >= 0.3 is 0 Å². The SMILES string of the molecule is CN(CCn1cc(C(=O)N2CCSCC2)nn1)Cc1ccc(F)cc1F. The molecule has 0 bridgehead atoms. The summed E-state index contributed by atoms with van der Waals surface area (Å²) >= 11 is 1.84. The van der Waals surface area contributed by atoms with Gasteiger partial charge in [-0.15, -0.1) is 5.10 Å². The number of carbonyl (C=O) groups excluding carboxylic acids is 1. The van der Waals surface area contributed by atoms with Crippen LogP contribution >= 0.6 is 11.8 Å². The number of thioether (sulfide) groups is 1. The fourth-order valence-corrected chi connectivity index (χ4v) is 3.63. The molecular weight excluding hydrogens is 360 g/mol. The molecule has 0 spiro atoms. The number of carbonyl (C=O) groups is 1. The fraction of sp³-hybridized carbons (Fsp3) is 0.471. The molecule has 3 rings (SSSR count). The van der Waals surface area contributed by atoms with E-state index in [1.54, 1.807) is 15.8 Å². The Kier molecular flexibility index (Phi) is 6.20. The van der Waals surface area contributed by atoms with Crippen molar-refractivity contribution >= 4 is 17.7 Å². The predicted octanol–water partition coefficient (Wildman–Crippen LogP) is 1.88. The third-order valence-electron chi connectivity index (χ3n) is 4.22. The number of nitrogens with zero attached hydrogens (tertiary/aromatic N) is 5. The zero-order chi connectivity index (χ0) is 18.5. The van der Waals surface area contributed by atoms with Gasteiger partial charge in [-0.1, -0.05) is 11.3 Å². The van der Waals surface area contributed by atoms with Gasteiger partial charge in [-0.2, -0.15) is 11.8 Å². The topological polar surface area (TPSA) is 54.3 Å². The van der Waals surface area contributed by atoms with E-state index in [1.807, 2.05) is 23.7 Å². The van der Waals surface area contributed by atoms with Crippen LogP contribution in [0.1, 0.15) is 16.1 Å². The molecule has 1 fully saturated rings. The molecule has 1 aliphatic rings. The summed E-state index contributed by atoms with van der Waals surface area (Å²) in [6.45, 7) is 2.95. The molecule has 9 heteroatoms. The first-order valence-corrected chi connectivity index (χ1v) is 9.58. The summed E-state index contributed by atoms with van der Waals surface area (Å²) in [5.41, 5.74) is 0.787. The fourth-order valence-electron chi connectivity index (χ4n) is 2.73. The molecule has 26 heavy (non-hydrogen) atoms. The van der Waals surface area contributed by atoms with Gasteiger partial charge in [0.2, 0.25) is 0 Å². The molecule has 0 atom stereocenters. The average molecular weight is 381 g/mol. The van der Waals surface area contributed by atoms with Gasteiger partial charge in [0.25, 0.3) is 5.91 Å².